The molecule has 0 fully saturated rings. The molecule has 0 unspecified atom stereocenters. The fourth-order valence-electron chi connectivity index (χ4n) is 2.74. The van der Waals surface area contributed by atoms with E-state index in [-0.39, 0.29) is 12.1 Å². The molecule has 0 aliphatic heterocycles. The van der Waals surface area contributed by atoms with Crippen LogP contribution in [0.2, 0.25) is 0 Å². The molecule has 7 heteroatoms. The van der Waals surface area contributed by atoms with Gasteiger partial charge in [-0.05, 0) is 44.2 Å². The lowest BCUT2D eigenvalue weighted by Crippen LogP contribution is -2.24. The van der Waals surface area contributed by atoms with Crippen molar-refractivity contribution in [2.45, 2.75) is 20.4 Å². The maximum absolute atomic E-state index is 12.6. The van der Waals surface area contributed by atoms with E-state index in [0.717, 1.165) is 5.56 Å². The average Bonchev–Trinajstić information content (AvgIpc) is 2.77. The molecule has 2 aromatic carbocycles. The van der Waals surface area contributed by atoms with Gasteiger partial charge in [-0.2, -0.15) is 5.26 Å². The Labute approximate surface area is 176 Å². The van der Waals surface area contributed by atoms with Gasteiger partial charge in [0, 0.05) is 29.8 Å². The monoisotopic (exact) mass is 410 g/mol. The predicted molar refractivity (Wildman–Crippen MR) is 114 cm³/mol. The fourth-order valence-corrected chi connectivity index (χ4v) is 2.74. The Morgan fingerprint density at radius 3 is 2.33 bits per heavy atom. The number of carbonyl (C=O) groups excluding carboxylic acids is 1. The molecule has 0 bridgehead atoms. The van der Waals surface area contributed by atoms with Gasteiger partial charge < -0.3 is 24.3 Å². The molecule has 0 aliphatic rings. The molecule has 1 amide bonds. The summed E-state index contributed by atoms with van der Waals surface area (Å²) >= 11 is 0. The van der Waals surface area contributed by atoms with Crippen LogP contribution >= 0.6 is 0 Å². The van der Waals surface area contributed by atoms with E-state index in [1.54, 1.807) is 50.6 Å². The lowest BCUT2D eigenvalue weighted by molar-refractivity contribution is -0.117. The summed E-state index contributed by atoms with van der Waals surface area (Å²) in [6, 6.07) is 12.5. The van der Waals surface area contributed by atoms with Crippen LogP contribution in [-0.2, 0) is 11.3 Å². The molecule has 0 atom stereocenters. The second-order valence-corrected chi connectivity index (χ2v) is 6.10. The van der Waals surface area contributed by atoms with Crippen LogP contribution in [0.4, 0.5) is 0 Å². The van der Waals surface area contributed by atoms with Crippen molar-refractivity contribution in [3.05, 3.63) is 53.1 Å². The number of methoxy groups -OCH3 is 2. The Balaban J connectivity index is 2.20. The first-order chi connectivity index (χ1) is 14.6. The summed E-state index contributed by atoms with van der Waals surface area (Å²) < 4.78 is 21.6. The van der Waals surface area contributed by atoms with Gasteiger partial charge in [0.1, 0.15) is 34.6 Å². The summed E-state index contributed by atoms with van der Waals surface area (Å²) in [5.41, 5.74) is 1.35. The van der Waals surface area contributed by atoms with Crippen LogP contribution in [0.25, 0.3) is 6.08 Å². The molecular formula is C23H26N2O5. The number of hydrogen-bond donors (Lipinski definition) is 1. The maximum Gasteiger partial charge on any atom is 0.262 e. The van der Waals surface area contributed by atoms with Crippen molar-refractivity contribution in [1.29, 1.82) is 5.26 Å². The fraction of sp³-hybridized carbons (Fsp3) is 0.304. The minimum Gasteiger partial charge on any atom is -0.497 e. The third-order valence-electron chi connectivity index (χ3n) is 4.19. The number of carbonyl (C=O) groups is 1. The van der Waals surface area contributed by atoms with Crippen LogP contribution < -0.4 is 24.3 Å². The first-order valence-electron chi connectivity index (χ1n) is 9.56. The molecule has 158 valence electrons. The van der Waals surface area contributed by atoms with E-state index in [1.165, 1.54) is 6.08 Å². The zero-order chi connectivity index (χ0) is 21.9. The number of hydrogen-bond acceptors (Lipinski definition) is 6. The third kappa shape index (κ3) is 5.92. The van der Waals surface area contributed by atoms with E-state index in [1.807, 2.05) is 19.9 Å². The molecular weight excluding hydrogens is 384 g/mol. The van der Waals surface area contributed by atoms with E-state index in [9.17, 15) is 10.1 Å². The zero-order valence-electron chi connectivity index (χ0n) is 17.7. The lowest BCUT2D eigenvalue weighted by atomic mass is 10.1. The molecule has 0 spiro atoms. The van der Waals surface area contributed by atoms with Crippen LogP contribution in [0.5, 0.6) is 23.0 Å². The van der Waals surface area contributed by atoms with Gasteiger partial charge in [0.2, 0.25) is 0 Å². The van der Waals surface area contributed by atoms with E-state index in [4.69, 9.17) is 18.9 Å². The summed E-state index contributed by atoms with van der Waals surface area (Å²) in [7, 11) is 3.11. The highest BCUT2D eigenvalue weighted by Crippen LogP contribution is 2.28. The highest BCUT2D eigenvalue weighted by atomic mass is 16.5. The summed E-state index contributed by atoms with van der Waals surface area (Å²) in [6.07, 6.45) is 1.50. The van der Waals surface area contributed by atoms with Crippen molar-refractivity contribution in [1.82, 2.24) is 5.32 Å². The number of amides is 1. The number of nitrogens with zero attached hydrogens (tertiary/aromatic N) is 1. The standard InChI is InChI=1S/C23H26N2O5/c1-5-29-20-10-7-16(22(13-20)30-6-2)11-18(14-24)23(26)25-15-17-8-9-19(27-3)12-21(17)28-4/h7-13H,5-6,15H2,1-4H3,(H,25,26)/b18-11+. The summed E-state index contributed by atoms with van der Waals surface area (Å²) in [6.45, 7) is 4.93. The van der Waals surface area contributed by atoms with Gasteiger partial charge in [0.05, 0.1) is 27.4 Å². The summed E-state index contributed by atoms with van der Waals surface area (Å²) in [4.78, 5) is 12.6. The Morgan fingerprint density at radius 2 is 1.70 bits per heavy atom. The van der Waals surface area contributed by atoms with Gasteiger partial charge in [-0.15, -0.1) is 0 Å². The van der Waals surface area contributed by atoms with Crippen molar-refractivity contribution in [2.75, 3.05) is 27.4 Å². The molecule has 0 radical (unpaired) electrons. The first kappa shape index (κ1) is 22.6. The second kappa shape index (κ2) is 11.4. The predicted octanol–water partition coefficient (Wildman–Crippen LogP) is 3.72. The number of rotatable bonds is 10. The second-order valence-electron chi connectivity index (χ2n) is 6.10. The van der Waals surface area contributed by atoms with E-state index >= 15 is 0 Å². The minimum absolute atomic E-state index is 0.0346. The summed E-state index contributed by atoms with van der Waals surface area (Å²) in [5.74, 6) is 1.95. The average molecular weight is 410 g/mol. The largest absolute Gasteiger partial charge is 0.497 e. The molecule has 0 heterocycles. The quantitative estimate of drug-likeness (QED) is 0.474. The van der Waals surface area contributed by atoms with Crippen LogP contribution in [-0.4, -0.2) is 33.3 Å². The minimum atomic E-state index is -0.494. The topological polar surface area (TPSA) is 89.8 Å². The number of nitrogens with one attached hydrogen (secondary N) is 1. The van der Waals surface area contributed by atoms with E-state index in [2.05, 4.69) is 5.32 Å². The van der Waals surface area contributed by atoms with Crippen molar-refractivity contribution in [3.63, 3.8) is 0 Å². The molecule has 0 aromatic heterocycles. The molecule has 7 nitrogen and oxygen atoms in total. The Bertz CT molecular complexity index is 947. The van der Waals surface area contributed by atoms with Gasteiger partial charge >= 0.3 is 0 Å². The van der Waals surface area contributed by atoms with Gasteiger partial charge in [-0.3, -0.25) is 4.79 Å². The molecule has 30 heavy (non-hydrogen) atoms. The Hall–Kier alpha value is -3.66. The highest BCUT2D eigenvalue weighted by Gasteiger charge is 2.13. The molecule has 1 N–H and O–H groups in total. The number of benzene rings is 2. The lowest BCUT2D eigenvalue weighted by Gasteiger charge is -2.12. The maximum atomic E-state index is 12.6. The van der Waals surface area contributed by atoms with Gasteiger partial charge in [-0.25, -0.2) is 0 Å². The third-order valence-corrected chi connectivity index (χ3v) is 4.19. The molecule has 0 aliphatic carbocycles. The molecule has 2 rings (SSSR count). The Kier molecular flexibility index (Phi) is 8.57. The molecule has 0 saturated heterocycles. The normalized spacial score (nSPS) is 10.7. The van der Waals surface area contributed by atoms with Gasteiger partial charge in [0.15, 0.2) is 0 Å². The van der Waals surface area contributed by atoms with Crippen molar-refractivity contribution in [3.8, 4) is 29.1 Å². The van der Waals surface area contributed by atoms with Crippen molar-refractivity contribution < 1.29 is 23.7 Å². The van der Waals surface area contributed by atoms with Crippen LogP contribution in [0.15, 0.2) is 42.0 Å². The van der Waals surface area contributed by atoms with Gasteiger partial charge in [0.25, 0.3) is 5.91 Å². The zero-order valence-corrected chi connectivity index (χ0v) is 17.7. The van der Waals surface area contributed by atoms with Crippen molar-refractivity contribution in [2.24, 2.45) is 0 Å². The SMILES string of the molecule is CCOc1ccc(/C=C(\C#N)C(=O)NCc2ccc(OC)cc2OC)c(OCC)c1. The van der Waals surface area contributed by atoms with Crippen LogP contribution in [0, 0.1) is 11.3 Å². The highest BCUT2D eigenvalue weighted by molar-refractivity contribution is 6.02. The smallest absolute Gasteiger partial charge is 0.262 e. The van der Waals surface area contributed by atoms with Crippen LogP contribution in [0.1, 0.15) is 25.0 Å². The first-order valence-corrected chi connectivity index (χ1v) is 9.56. The van der Waals surface area contributed by atoms with E-state index in [0.29, 0.717) is 41.8 Å². The molecule has 2 aromatic rings. The Morgan fingerprint density at radius 1 is 1.00 bits per heavy atom. The number of ether oxygens (including phenoxy) is 4. The summed E-state index contributed by atoms with van der Waals surface area (Å²) in [5, 5.41) is 12.2. The van der Waals surface area contributed by atoms with Gasteiger partial charge in [-0.1, -0.05) is 0 Å². The van der Waals surface area contributed by atoms with Crippen LogP contribution in [0.3, 0.4) is 0 Å². The number of nitriles is 1. The molecule has 0 saturated carbocycles. The van der Waals surface area contributed by atoms with E-state index < -0.39 is 5.91 Å². The van der Waals surface area contributed by atoms with Crippen molar-refractivity contribution >= 4 is 12.0 Å².